The van der Waals surface area contributed by atoms with Gasteiger partial charge in [0.05, 0.1) is 18.6 Å². The van der Waals surface area contributed by atoms with Gasteiger partial charge in [0, 0.05) is 5.56 Å². The van der Waals surface area contributed by atoms with Gasteiger partial charge in [-0.05, 0) is 30.0 Å². The van der Waals surface area contributed by atoms with Crippen LogP contribution in [0.1, 0.15) is 29.2 Å². The Morgan fingerprint density at radius 2 is 2.17 bits per heavy atom. The number of nitriles is 1. The first-order valence-electron chi connectivity index (χ1n) is 5.98. The van der Waals surface area contributed by atoms with Gasteiger partial charge in [-0.1, -0.05) is 24.3 Å². The van der Waals surface area contributed by atoms with Crippen molar-refractivity contribution in [2.75, 3.05) is 0 Å². The van der Waals surface area contributed by atoms with E-state index < -0.39 is 11.5 Å². The Morgan fingerprint density at radius 1 is 1.33 bits per heavy atom. The molecule has 3 heteroatoms. The first-order valence-corrected chi connectivity index (χ1v) is 5.98. The van der Waals surface area contributed by atoms with Crippen LogP contribution in [-0.4, -0.2) is 5.11 Å². The molecule has 0 fully saturated rings. The van der Waals surface area contributed by atoms with Crippen LogP contribution in [0, 0.1) is 11.3 Å². The summed E-state index contributed by atoms with van der Waals surface area (Å²) in [5, 5.41) is 20.1. The zero-order chi connectivity index (χ0) is 12.6. The molecular weight excluding hydrogens is 226 g/mol. The Labute approximate surface area is 105 Å². The van der Waals surface area contributed by atoms with Crippen molar-refractivity contribution >= 4 is 0 Å². The molecule has 1 aliphatic rings. The molecule has 90 valence electrons. The SMILES string of the molecule is N#CC1(C(O)c2ccoc2)CCc2ccccc21. The van der Waals surface area contributed by atoms with E-state index in [1.54, 1.807) is 6.07 Å². The molecule has 0 aliphatic heterocycles. The van der Waals surface area contributed by atoms with Gasteiger partial charge in [0.15, 0.2) is 0 Å². The van der Waals surface area contributed by atoms with E-state index in [2.05, 4.69) is 6.07 Å². The Morgan fingerprint density at radius 3 is 2.89 bits per heavy atom. The number of aryl methyl sites for hydroxylation is 1. The smallest absolute Gasteiger partial charge is 0.113 e. The van der Waals surface area contributed by atoms with Crippen molar-refractivity contribution in [1.29, 1.82) is 5.26 Å². The highest BCUT2D eigenvalue weighted by atomic mass is 16.3. The average molecular weight is 239 g/mol. The van der Waals surface area contributed by atoms with Crippen LogP contribution in [0.3, 0.4) is 0 Å². The lowest BCUT2D eigenvalue weighted by Gasteiger charge is -2.27. The molecule has 0 amide bonds. The van der Waals surface area contributed by atoms with E-state index in [1.807, 2.05) is 24.3 Å². The highest BCUT2D eigenvalue weighted by Crippen LogP contribution is 2.46. The van der Waals surface area contributed by atoms with Crippen LogP contribution in [0.25, 0.3) is 0 Å². The summed E-state index contributed by atoms with van der Waals surface area (Å²) in [5.41, 5.74) is 1.91. The van der Waals surface area contributed by atoms with Gasteiger partial charge >= 0.3 is 0 Å². The molecule has 2 aromatic rings. The summed E-state index contributed by atoms with van der Waals surface area (Å²) in [6, 6.07) is 11.9. The fourth-order valence-electron chi connectivity index (χ4n) is 2.82. The maximum atomic E-state index is 10.5. The van der Waals surface area contributed by atoms with Crippen LogP contribution in [0.2, 0.25) is 0 Å². The van der Waals surface area contributed by atoms with Crippen molar-refractivity contribution in [2.45, 2.75) is 24.4 Å². The molecule has 2 atom stereocenters. The van der Waals surface area contributed by atoms with Gasteiger partial charge in [-0.15, -0.1) is 0 Å². The third-order valence-electron chi connectivity index (χ3n) is 3.81. The third kappa shape index (κ3) is 1.40. The van der Waals surface area contributed by atoms with Crippen molar-refractivity contribution < 1.29 is 9.52 Å². The first-order chi connectivity index (χ1) is 8.78. The second kappa shape index (κ2) is 4.01. The fourth-order valence-corrected chi connectivity index (χ4v) is 2.82. The molecule has 0 saturated heterocycles. The van der Waals surface area contributed by atoms with Crippen LogP contribution in [0.15, 0.2) is 47.3 Å². The zero-order valence-corrected chi connectivity index (χ0v) is 9.84. The molecular formula is C15H13NO2. The predicted octanol–water partition coefficient (Wildman–Crippen LogP) is 2.72. The van der Waals surface area contributed by atoms with Gasteiger partial charge in [-0.25, -0.2) is 0 Å². The Bertz CT molecular complexity index is 597. The predicted molar refractivity (Wildman–Crippen MR) is 65.7 cm³/mol. The highest BCUT2D eigenvalue weighted by Gasteiger charge is 2.46. The molecule has 3 nitrogen and oxygen atoms in total. The van der Waals surface area contributed by atoms with Gasteiger partial charge in [-0.3, -0.25) is 0 Å². The normalized spacial score (nSPS) is 23.3. The molecule has 1 N–H and O–H groups in total. The van der Waals surface area contributed by atoms with E-state index in [0.29, 0.717) is 12.0 Å². The van der Waals surface area contributed by atoms with Crippen LogP contribution in [0.4, 0.5) is 0 Å². The van der Waals surface area contributed by atoms with Gasteiger partial charge in [0.25, 0.3) is 0 Å². The standard InChI is InChI=1S/C15H13NO2/c16-10-15(14(17)12-6-8-18-9-12)7-5-11-3-1-2-4-13(11)15/h1-4,6,8-9,14,17H,5,7H2. The number of benzene rings is 1. The summed E-state index contributed by atoms with van der Waals surface area (Å²) in [6.45, 7) is 0. The van der Waals surface area contributed by atoms with Gasteiger partial charge < -0.3 is 9.52 Å². The number of hydrogen-bond donors (Lipinski definition) is 1. The number of aliphatic hydroxyl groups excluding tert-OH is 1. The summed E-state index contributed by atoms with van der Waals surface area (Å²) in [6.07, 6.45) is 3.66. The topological polar surface area (TPSA) is 57.2 Å². The third-order valence-corrected chi connectivity index (χ3v) is 3.81. The van der Waals surface area contributed by atoms with E-state index in [4.69, 9.17) is 4.42 Å². The summed E-state index contributed by atoms with van der Waals surface area (Å²) >= 11 is 0. The van der Waals surface area contributed by atoms with Crippen molar-refractivity contribution in [1.82, 2.24) is 0 Å². The van der Waals surface area contributed by atoms with Gasteiger partial charge in [0.1, 0.15) is 11.5 Å². The minimum absolute atomic E-state index is 0.648. The molecule has 3 rings (SSSR count). The number of fused-ring (bicyclic) bond motifs is 1. The van der Waals surface area contributed by atoms with E-state index in [0.717, 1.165) is 17.5 Å². The second-order valence-corrected chi connectivity index (χ2v) is 4.70. The molecule has 2 unspecified atom stereocenters. The monoisotopic (exact) mass is 239 g/mol. The summed E-state index contributed by atoms with van der Waals surface area (Å²) in [4.78, 5) is 0. The number of aliphatic hydroxyl groups is 1. The molecule has 18 heavy (non-hydrogen) atoms. The van der Waals surface area contributed by atoms with Crippen molar-refractivity contribution in [3.05, 3.63) is 59.5 Å². The average Bonchev–Trinajstić information content (AvgIpc) is 3.06. The van der Waals surface area contributed by atoms with E-state index in [-0.39, 0.29) is 0 Å². The van der Waals surface area contributed by atoms with Gasteiger partial charge in [0.2, 0.25) is 0 Å². The molecule has 0 spiro atoms. The van der Waals surface area contributed by atoms with Crippen molar-refractivity contribution in [3.63, 3.8) is 0 Å². The van der Waals surface area contributed by atoms with Crippen LogP contribution in [-0.2, 0) is 11.8 Å². The van der Waals surface area contributed by atoms with Gasteiger partial charge in [-0.2, -0.15) is 5.26 Å². The zero-order valence-electron chi connectivity index (χ0n) is 9.84. The minimum atomic E-state index is -0.847. The van der Waals surface area contributed by atoms with E-state index in [9.17, 15) is 10.4 Å². The Hall–Kier alpha value is -2.05. The maximum Gasteiger partial charge on any atom is 0.113 e. The maximum absolute atomic E-state index is 10.5. The summed E-state index contributed by atoms with van der Waals surface area (Å²) in [5.74, 6) is 0. The molecule has 1 aromatic heterocycles. The van der Waals surface area contributed by atoms with Crippen LogP contribution < -0.4 is 0 Å². The lowest BCUT2D eigenvalue weighted by Crippen LogP contribution is -2.29. The molecule has 1 heterocycles. The van der Waals surface area contributed by atoms with Crippen LogP contribution >= 0.6 is 0 Å². The largest absolute Gasteiger partial charge is 0.472 e. The highest BCUT2D eigenvalue weighted by molar-refractivity contribution is 5.46. The lowest BCUT2D eigenvalue weighted by molar-refractivity contribution is 0.110. The Balaban J connectivity index is 2.11. The molecule has 1 aliphatic carbocycles. The van der Waals surface area contributed by atoms with Crippen molar-refractivity contribution in [2.24, 2.45) is 0 Å². The van der Waals surface area contributed by atoms with Crippen molar-refractivity contribution in [3.8, 4) is 6.07 Å². The minimum Gasteiger partial charge on any atom is -0.472 e. The summed E-state index contributed by atoms with van der Waals surface area (Å²) in [7, 11) is 0. The first kappa shape index (κ1) is 11.1. The van der Waals surface area contributed by atoms with E-state index >= 15 is 0 Å². The molecule has 0 saturated carbocycles. The summed E-state index contributed by atoms with van der Waals surface area (Å²) < 4.78 is 5.00. The second-order valence-electron chi connectivity index (χ2n) is 4.70. The molecule has 1 aromatic carbocycles. The number of rotatable bonds is 2. The molecule has 0 bridgehead atoms. The number of nitrogens with zero attached hydrogens (tertiary/aromatic N) is 1. The Kier molecular flexibility index (Phi) is 2.46. The fraction of sp³-hybridized carbons (Fsp3) is 0.267. The lowest BCUT2D eigenvalue weighted by atomic mass is 9.76. The van der Waals surface area contributed by atoms with E-state index in [1.165, 1.54) is 12.5 Å². The quantitative estimate of drug-likeness (QED) is 0.876. The number of furan rings is 1. The number of hydrogen-bond acceptors (Lipinski definition) is 3. The molecule has 0 radical (unpaired) electrons. The van der Waals surface area contributed by atoms with Crippen LogP contribution in [0.5, 0.6) is 0 Å².